The van der Waals surface area contributed by atoms with Crippen LogP contribution in [0.4, 0.5) is 5.69 Å². The zero-order chi connectivity index (χ0) is 19.8. The highest BCUT2D eigenvalue weighted by Crippen LogP contribution is 2.34. The van der Waals surface area contributed by atoms with E-state index in [1.807, 2.05) is 0 Å². The lowest BCUT2D eigenvalue weighted by Crippen LogP contribution is -2.40. The molecule has 0 aromatic heterocycles. The van der Waals surface area contributed by atoms with Crippen LogP contribution in [0.2, 0.25) is 10.0 Å². The highest BCUT2D eigenvalue weighted by atomic mass is 35.5. The van der Waals surface area contributed by atoms with Crippen molar-refractivity contribution in [1.82, 2.24) is 4.31 Å². The number of ketones is 1. The molecule has 1 fully saturated rings. The van der Waals surface area contributed by atoms with Crippen LogP contribution in [0.5, 0.6) is 5.75 Å². The monoisotopic (exact) mass is 428 g/mol. The first-order valence-corrected chi connectivity index (χ1v) is 10.4. The Labute approximate surface area is 167 Å². The molecule has 1 heterocycles. The number of nitrogens with zero attached hydrogens (tertiary/aromatic N) is 1. The standard InChI is InChI=1S/C18H18Cl2N2O4S/c1-26-12-6-4-11(5-7-12)18(23)16-3-2-8-22(16)27(24,25)13-9-14(19)17(21)15(20)10-13/h4-7,9-10,16H,2-3,8,21H2,1H3. The molecule has 2 N–H and O–H groups in total. The fourth-order valence-corrected chi connectivity index (χ4v) is 5.41. The van der Waals surface area contributed by atoms with E-state index in [9.17, 15) is 13.2 Å². The van der Waals surface area contributed by atoms with Gasteiger partial charge in [-0.2, -0.15) is 4.31 Å². The summed E-state index contributed by atoms with van der Waals surface area (Å²) in [6.45, 7) is 0.245. The van der Waals surface area contributed by atoms with Crippen LogP contribution in [0.25, 0.3) is 0 Å². The Morgan fingerprint density at radius 2 is 1.78 bits per heavy atom. The van der Waals surface area contributed by atoms with E-state index in [1.54, 1.807) is 24.3 Å². The Bertz CT molecular complexity index is 954. The van der Waals surface area contributed by atoms with Crippen molar-refractivity contribution in [2.75, 3.05) is 19.4 Å². The van der Waals surface area contributed by atoms with Crippen LogP contribution in [0.3, 0.4) is 0 Å². The van der Waals surface area contributed by atoms with Gasteiger partial charge in [0.05, 0.1) is 33.8 Å². The van der Waals surface area contributed by atoms with Gasteiger partial charge in [0.25, 0.3) is 0 Å². The summed E-state index contributed by atoms with van der Waals surface area (Å²) in [5.74, 6) is 0.361. The minimum atomic E-state index is -3.95. The van der Waals surface area contributed by atoms with Gasteiger partial charge in [0.15, 0.2) is 5.78 Å². The molecule has 9 heteroatoms. The lowest BCUT2D eigenvalue weighted by atomic mass is 10.0. The van der Waals surface area contributed by atoms with Gasteiger partial charge in [-0.1, -0.05) is 23.2 Å². The molecule has 6 nitrogen and oxygen atoms in total. The Morgan fingerprint density at radius 1 is 1.19 bits per heavy atom. The zero-order valence-corrected chi connectivity index (χ0v) is 16.8. The Balaban J connectivity index is 1.94. The summed E-state index contributed by atoms with van der Waals surface area (Å²) in [6, 6.07) is 8.32. The van der Waals surface area contributed by atoms with Crippen molar-refractivity contribution in [3.8, 4) is 5.75 Å². The fourth-order valence-electron chi connectivity index (χ4n) is 3.08. The van der Waals surface area contributed by atoms with E-state index in [0.29, 0.717) is 24.2 Å². The maximum Gasteiger partial charge on any atom is 0.243 e. The molecule has 0 amide bonds. The molecule has 1 saturated heterocycles. The molecule has 1 atom stereocenters. The molecular weight excluding hydrogens is 411 g/mol. The summed E-state index contributed by atoms with van der Waals surface area (Å²) in [6.07, 6.45) is 1.03. The molecule has 27 heavy (non-hydrogen) atoms. The Morgan fingerprint density at radius 3 is 2.33 bits per heavy atom. The maximum absolute atomic E-state index is 13.1. The summed E-state index contributed by atoms with van der Waals surface area (Å²) < 4.78 is 32.5. The van der Waals surface area contributed by atoms with E-state index < -0.39 is 16.1 Å². The largest absolute Gasteiger partial charge is 0.497 e. The zero-order valence-electron chi connectivity index (χ0n) is 14.5. The van der Waals surface area contributed by atoms with Crippen molar-refractivity contribution < 1.29 is 17.9 Å². The van der Waals surface area contributed by atoms with E-state index in [1.165, 1.54) is 23.5 Å². The number of carbonyl (C=O) groups is 1. The lowest BCUT2D eigenvalue weighted by molar-refractivity contribution is 0.0918. The van der Waals surface area contributed by atoms with E-state index in [4.69, 9.17) is 33.7 Å². The number of anilines is 1. The SMILES string of the molecule is COc1ccc(C(=O)C2CCCN2S(=O)(=O)c2cc(Cl)c(N)c(Cl)c2)cc1. The van der Waals surface area contributed by atoms with E-state index in [-0.39, 0.29) is 33.0 Å². The van der Waals surface area contributed by atoms with Gasteiger partial charge in [0.2, 0.25) is 10.0 Å². The number of ether oxygens (including phenoxy) is 1. The first kappa shape index (κ1) is 19.9. The molecule has 3 rings (SSSR count). The molecule has 1 aliphatic rings. The summed E-state index contributed by atoms with van der Waals surface area (Å²) in [4.78, 5) is 12.8. The van der Waals surface area contributed by atoms with Gasteiger partial charge in [0, 0.05) is 12.1 Å². The third-order valence-electron chi connectivity index (χ3n) is 4.54. The average molecular weight is 429 g/mol. The van der Waals surface area contributed by atoms with Crippen LogP contribution in [0, 0.1) is 0 Å². The quantitative estimate of drug-likeness (QED) is 0.579. The average Bonchev–Trinajstić information content (AvgIpc) is 3.15. The second-order valence-corrected chi connectivity index (χ2v) is 8.87. The fraction of sp³-hybridized carbons (Fsp3) is 0.278. The predicted molar refractivity (Wildman–Crippen MR) is 105 cm³/mol. The molecule has 0 bridgehead atoms. The first-order chi connectivity index (χ1) is 12.8. The van der Waals surface area contributed by atoms with Gasteiger partial charge in [0.1, 0.15) is 5.75 Å². The van der Waals surface area contributed by atoms with Gasteiger partial charge in [-0.05, 0) is 49.2 Å². The van der Waals surface area contributed by atoms with E-state index in [0.717, 1.165) is 0 Å². The second kappa shape index (κ2) is 7.67. The highest BCUT2D eigenvalue weighted by molar-refractivity contribution is 7.89. The first-order valence-electron chi connectivity index (χ1n) is 8.20. The summed E-state index contributed by atoms with van der Waals surface area (Å²) >= 11 is 12.0. The number of hydrogen-bond donors (Lipinski definition) is 1. The van der Waals surface area contributed by atoms with Crippen molar-refractivity contribution in [3.05, 3.63) is 52.0 Å². The van der Waals surface area contributed by atoms with Crippen LogP contribution in [0.1, 0.15) is 23.2 Å². The molecule has 0 aliphatic carbocycles. The number of methoxy groups -OCH3 is 1. The van der Waals surface area contributed by atoms with Crippen LogP contribution in [-0.4, -0.2) is 38.2 Å². The number of nitrogens with two attached hydrogens (primary N) is 1. The lowest BCUT2D eigenvalue weighted by Gasteiger charge is -2.23. The molecule has 0 spiro atoms. The predicted octanol–water partition coefficient (Wildman–Crippen LogP) is 3.62. The van der Waals surface area contributed by atoms with E-state index >= 15 is 0 Å². The Kier molecular flexibility index (Phi) is 5.67. The van der Waals surface area contributed by atoms with Gasteiger partial charge >= 0.3 is 0 Å². The number of benzene rings is 2. The normalized spacial score (nSPS) is 17.8. The molecule has 144 valence electrons. The summed E-state index contributed by atoms with van der Waals surface area (Å²) in [5, 5.41) is 0.108. The second-order valence-electron chi connectivity index (χ2n) is 6.17. The van der Waals surface area contributed by atoms with Crippen LogP contribution < -0.4 is 10.5 Å². The van der Waals surface area contributed by atoms with E-state index in [2.05, 4.69) is 0 Å². The molecule has 0 radical (unpaired) electrons. The number of sulfonamides is 1. The van der Waals surface area contributed by atoms with Crippen molar-refractivity contribution in [3.63, 3.8) is 0 Å². The number of Topliss-reactive ketones (excluding diaryl/α,β-unsaturated/α-hetero) is 1. The summed E-state index contributed by atoms with van der Waals surface area (Å²) in [7, 11) is -2.42. The number of hydrogen-bond acceptors (Lipinski definition) is 5. The molecular formula is C18H18Cl2N2O4S. The van der Waals surface area contributed by atoms with Gasteiger partial charge in [-0.3, -0.25) is 4.79 Å². The van der Waals surface area contributed by atoms with Crippen molar-refractivity contribution >= 4 is 44.7 Å². The number of carbonyl (C=O) groups excluding carboxylic acids is 1. The van der Waals surface area contributed by atoms with Crippen LogP contribution in [0.15, 0.2) is 41.3 Å². The maximum atomic E-state index is 13.1. The number of halogens is 2. The molecule has 2 aromatic rings. The topological polar surface area (TPSA) is 89.7 Å². The van der Waals surface area contributed by atoms with Crippen molar-refractivity contribution in [2.24, 2.45) is 0 Å². The smallest absolute Gasteiger partial charge is 0.243 e. The number of nitrogen functional groups attached to an aromatic ring is 1. The third kappa shape index (κ3) is 3.78. The minimum Gasteiger partial charge on any atom is -0.497 e. The van der Waals surface area contributed by atoms with Gasteiger partial charge in [-0.25, -0.2) is 8.42 Å². The third-order valence-corrected chi connectivity index (χ3v) is 7.05. The Hall–Kier alpha value is -1.80. The molecule has 2 aromatic carbocycles. The summed E-state index contributed by atoms with van der Waals surface area (Å²) in [5.41, 5.74) is 6.23. The van der Waals surface area contributed by atoms with Gasteiger partial charge in [-0.15, -0.1) is 0 Å². The molecule has 1 aliphatic heterocycles. The minimum absolute atomic E-state index is 0.0540. The van der Waals surface area contributed by atoms with Crippen molar-refractivity contribution in [2.45, 2.75) is 23.8 Å². The van der Waals surface area contributed by atoms with Crippen LogP contribution >= 0.6 is 23.2 Å². The molecule has 0 saturated carbocycles. The molecule has 1 unspecified atom stereocenters. The number of rotatable bonds is 5. The van der Waals surface area contributed by atoms with Gasteiger partial charge < -0.3 is 10.5 Å². The van der Waals surface area contributed by atoms with Crippen molar-refractivity contribution in [1.29, 1.82) is 0 Å². The highest BCUT2D eigenvalue weighted by Gasteiger charge is 2.40. The van der Waals surface area contributed by atoms with Crippen LogP contribution in [-0.2, 0) is 10.0 Å².